The number of pyridine rings is 1. The number of methoxy groups -OCH3 is 1. The van der Waals surface area contributed by atoms with Crippen LogP contribution in [0.25, 0.3) is 11.3 Å². The summed E-state index contributed by atoms with van der Waals surface area (Å²) >= 11 is 0. The minimum absolute atomic E-state index is 0.112. The summed E-state index contributed by atoms with van der Waals surface area (Å²) in [4.78, 5) is 12.4. The first-order valence-electron chi connectivity index (χ1n) is 7.27. The van der Waals surface area contributed by atoms with Gasteiger partial charge in [0, 0.05) is 13.1 Å². The maximum Gasteiger partial charge on any atom is 0.269 e. The first-order valence-corrected chi connectivity index (χ1v) is 7.27. The van der Waals surface area contributed by atoms with Gasteiger partial charge in [-0.25, -0.2) is 0 Å². The summed E-state index contributed by atoms with van der Waals surface area (Å²) in [6, 6.07) is 12.6. The molecule has 6 nitrogen and oxygen atoms in total. The van der Waals surface area contributed by atoms with Crippen molar-refractivity contribution in [2.45, 2.75) is 6.54 Å². The van der Waals surface area contributed by atoms with Gasteiger partial charge in [-0.2, -0.15) is 5.26 Å². The van der Waals surface area contributed by atoms with Crippen LogP contribution in [0.15, 0.2) is 41.2 Å². The number of nitrogens with two attached hydrogens (primary N) is 1. The number of hydrogen-bond donors (Lipinski definition) is 1. The molecule has 0 saturated heterocycles. The summed E-state index contributed by atoms with van der Waals surface area (Å²) in [5, 5.41) is 9.05. The van der Waals surface area contributed by atoms with E-state index in [0.29, 0.717) is 26.3 Å². The van der Waals surface area contributed by atoms with Crippen LogP contribution in [0.4, 0.5) is 0 Å². The highest BCUT2D eigenvalue weighted by Crippen LogP contribution is 2.21. The lowest BCUT2D eigenvalue weighted by molar-refractivity contribution is 0.133. The Kier molecular flexibility index (Phi) is 5.92. The highest BCUT2D eigenvalue weighted by molar-refractivity contribution is 5.61. The van der Waals surface area contributed by atoms with Crippen molar-refractivity contribution in [3.05, 3.63) is 52.3 Å². The summed E-state index contributed by atoms with van der Waals surface area (Å²) in [5.41, 5.74) is 6.77. The van der Waals surface area contributed by atoms with Gasteiger partial charge >= 0.3 is 0 Å². The van der Waals surface area contributed by atoms with E-state index >= 15 is 0 Å². The molecule has 0 radical (unpaired) electrons. The molecule has 0 spiro atoms. The fourth-order valence-electron chi connectivity index (χ4n) is 2.24. The quantitative estimate of drug-likeness (QED) is 0.780. The van der Waals surface area contributed by atoms with E-state index in [-0.39, 0.29) is 11.1 Å². The molecule has 1 aromatic carbocycles. The first-order chi connectivity index (χ1) is 11.2. The van der Waals surface area contributed by atoms with Gasteiger partial charge in [0.2, 0.25) is 0 Å². The van der Waals surface area contributed by atoms with Crippen molar-refractivity contribution in [1.82, 2.24) is 4.57 Å². The van der Waals surface area contributed by atoms with Gasteiger partial charge in [0.15, 0.2) is 0 Å². The highest BCUT2D eigenvalue weighted by atomic mass is 16.5. The minimum Gasteiger partial charge on any atom is -0.497 e. The molecule has 1 aromatic heterocycles. The van der Waals surface area contributed by atoms with Gasteiger partial charge in [0.1, 0.15) is 17.4 Å². The summed E-state index contributed by atoms with van der Waals surface area (Å²) in [5.74, 6) is 0.738. The molecule has 2 rings (SSSR count). The summed E-state index contributed by atoms with van der Waals surface area (Å²) < 4.78 is 12.1. The number of rotatable bonds is 7. The molecule has 0 amide bonds. The van der Waals surface area contributed by atoms with Crippen LogP contribution in [-0.2, 0) is 11.3 Å². The monoisotopic (exact) mass is 313 g/mol. The molecule has 2 N–H and O–H groups in total. The van der Waals surface area contributed by atoms with Crippen molar-refractivity contribution < 1.29 is 9.47 Å². The number of hydrogen-bond acceptors (Lipinski definition) is 5. The number of aromatic nitrogens is 1. The molecular weight excluding hydrogens is 294 g/mol. The Bertz CT molecular complexity index is 745. The van der Waals surface area contributed by atoms with Crippen LogP contribution in [-0.4, -0.2) is 31.4 Å². The Balaban J connectivity index is 2.39. The smallest absolute Gasteiger partial charge is 0.269 e. The maximum atomic E-state index is 12.4. The second-order valence-electron chi connectivity index (χ2n) is 4.83. The van der Waals surface area contributed by atoms with Gasteiger partial charge in [-0.3, -0.25) is 4.79 Å². The van der Waals surface area contributed by atoms with E-state index in [2.05, 4.69) is 0 Å². The average Bonchev–Trinajstić information content (AvgIpc) is 2.60. The molecule has 23 heavy (non-hydrogen) atoms. The summed E-state index contributed by atoms with van der Waals surface area (Å²) in [7, 11) is 1.60. The fourth-order valence-corrected chi connectivity index (χ4v) is 2.24. The Morgan fingerprint density at radius 2 is 1.91 bits per heavy atom. The van der Waals surface area contributed by atoms with Crippen LogP contribution in [0.1, 0.15) is 5.56 Å². The van der Waals surface area contributed by atoms with Gasteiger partial charge in [-0.05, 0) is 42.0 Å². The molecule has 0 fully saturated rings. The lowest BCUT2D eigenvalue weighted by atomic mass is 10.1. The fraction of sp³-hybridized carbons (Fsp3) is 0.294. The highest BCUT2D eigenvalue weighted by Gasteiger charge is 2.10. The lowest BCUT2D eigenvalue weighted by Crippen LogP contribution is -2.26. The van der Waals surface area contributed by atoms with Crippen LogP contribution >= 0.6 is 0 Å². The molecule has 0 saturated carbocycles. The average molecular weight is 313 g/mol. The van der Waals surface area contributed by atoms with Crippen LogP contribution in [0, 0.1) is 11.3 Å². The van der Waals surface area contributed by atoms with Crippen molar-refractivity contribution in [3.63, 3.8) is 0 Å². The predicted octanol–water partition coefficient (Wildman–Crippen LogP) is 1.37. The van der Waals surface area contributed by atoms with E-state index in [9.17, 15) is 4.79 Å². The second-order valence-corrected chi connectivity index (χ2v) is 4.83. The molecule has 0 aliphatic rings. The third-order valence-electron chi connectivity index (χ3n) is 3.40. The van der Waals surface area contributed by atoms with Gasteiger partial charge in [-0.1, -0.05) is 0 Å². The van der Waals surface area contributed by atoms with Gasteiger partial charge < -0.3 is 19.8 Å². The molecule has 0 atom stereocenters. The zero-order chi connectivity index (χ0) is 16.7. The van der Waals surface area contributed by atoms with E-state index in [4.69, 9.17) is 20.5 Å². The van der Waals surface area contributed by atoms with Crippen LogP contribution in [0.3, 0.4) is 0 Å². The Hall–Kier alpha value is -2.62. The van der Waals surface area contributed by atoms with Crippen molar-refractivity contribution in [2.75, 3.05) is 26.9 Å². The van der Waals surface area contributed by atoms with Gasteiger partial charge in [0.05, 0.1) is 26.0 Å². The Morgan fingerprint density at radius 3 is 2.52 bits per heavy atom. The summed E-state index contributed by atoms with van der Waals surface area (Å²) in [6.07, 6.45) is 0. The van der Waals surface area contributed by atoms with E-state index < -0.39 is 0 Å². The van der Waals surface area contributed by atoms with Crippen LogP contribution in [0.2, 0.25) is 0 Å². The van der Waals surface area contributed by atoms with Crippen LogP contribution in [0.5, 0.6) is 5.75 Å². The largest absolute Gasteiger partial charge is 0.497 e. The number of nitrogens with zero attached hydrogens (tertiary/aromatic N) is 2. The standard InChI is InChI=1S/C17H19N3O3/c1-22-15-5-2-13(3-6-15)16-7-4-14(12-19)17(21)20(16)9-11-23-10-8-18/h2-7H,8-11,18H2,1H3. The molecule has 2 aromatic rings. The zero-order valence-electron chi connectivity index (χ0n) is 13.0. The Morgan fingerprint density at radius 1 is 1.17 bits per heavy atom. The predicted molar refractivity (Wildman–Crippen MR) is 87.3 cm³/mol. The number of benzene rings is 1. The molecule has 0 aliphatic heterocycles. The number of nitriles is 1. The third kappa shape index (κ3) is 3.97. The zero-order valence-corrected chi connectivity index (χ0v) is 13.0. The molecule has 120 valence electrons. The number of ether oxygens (including phenoxy) is 2. The third-order valence-corrected chi connectivity index (χ3v) is 3.40. The summed E-state index contributed by atoms with van der Waals surface area (Å²) in [6.45, 7) is 1.58. The maximum absolute atomic E-state index is 12.4. The lowest BCUT2D eigenvalue weighted by Gasteiger charge is -2.14. The SMILES string of the molecule is COc1ccc(-c2ccc(C#N)c(=O)n2CCOCCN)cc1. The van der Waals surface area contributed by atoms with E-state index in [1.54, 1.807) is 23.8 Å². The van der Waals surface area contributed by atoms with Crippen molar-refractivity contribution in [2.24, 2.45) is 5.73 Å². The molecule has 0 bridgehead atoms. The van der Waals surface area contributed by atoms with Crippen molar-refractivity contribution >= 4 is 0 Å². The molecule has 1 heterocycles. The van der Waals surface area contributed by atoms with E-state index in [0.717, 1.165) is 17.0 Å². The van der Waals surface area contributed by atoms with E-state index in [1.807, 2.05) is 30.3 Å². The normalized spacial score (nSPS) is 10.3. The van der Waals surface area contributed by atoms with E-state index in [1.165, 1.54) is 0 Å². The molecule has 0 aliphatic carbocycles. The van der Waals surface area contributed by atoms with Crippen molar-refractivity contribution in [3.8, 4) is 23.1 Å². The second kappa shape index (κ2) is 8.13. The van der Waals surface area contributed by atoms with Gasteiger partial charge in [0.25, 0.3) is 5.56 Å². The Labute approximate surface area is 134 Å². The topological polar surface area (TPSA) is 90.3 Å². The van der Waals surface area contributed by atoms with Crippen LogP contribution < -0.4 is 16.0 Å². The molecule has 0 unspecified atom stereocenters. The van der Waals surface area contributed by atoms with Gasteiger partial charge in [-0.15, -0.1) is 0 Å². The molecular formula is C17H19N3O3. The first kappa shape index (κ1) is 16.7. The molecule has 6 heteroatoms. The van der Waals surface area contributed by atoms with Crippen molar-refractivity contribution in [1.29, 1.82) is 5.26 Å². The minimum atomic E-state index is -0.322.